The summed E-state index contributed by atoms with van der Waals surface area (Å²) in [6, 6.07) is 24.5. The van der Waals surface area contributed by atoms with Gasteiger partial charge in [0.05, 0.1) is 12.1 Å². The van der Waals surface area contributed by atoms with Crippen LogP contribution in [0, 0.1) is 0 Å². The molecule has 7 heteroatoms. The van der Waals surface area contributed by atoms with E-state index < -0.39 is 0 Å². The number of carbonyl (C=O) groups is 2. The van der Waals surface area contributed by atoms with E-state index in [9.17, 15) is 9.59 Å². The molecule has 0 aliphatic rings. The maximum absolute atomic E-state index is 12.5. The molecule has 2 aromatic heterocycles. The second-order valence-corrected chi connectivity index (χ2v) is 7.68. The zero-order valence-corrected chi connectivity index (χ0v) is 17.5. The molecule has 31 heavy (non-hydrogen) atoms. The molecule has 0 unspecified atom stereocenters. The highest BCUT2D eigenvalue weighted by atomic mass is 32.1. The molecule has 1 N–H and O–H groups in total. The fraction of sp³-hybridized carbons (Fsp3) is 0.0833. The maximum atomic E-state index is 12.5. The van der Waals surface area contributed by atoms with Crippen molar-refractivity contribution in [1.82, 2.24) is 9.55 Å². The molecule has 0 aliphatic heterocycles. The number of nitrogens with one attached hydrogen (secondary N) is 1. The normalized spacial score (nSPS) is 11.3. The number of thiazole rings is 1. The van der Waals surface area contributed by atoms with Gasteiger partial charge in [-0.2, -0.15) is 4.99 Å². The first kappa shape index (κ1) is 20.4. The number of benzene rings is 2. The quantitative estimate of drug-likeness (QED) is 0.506. The number of hydrogen-bond donors (Lipinski definition) is 1. The minimum atomic E-state index is -0.292. The lowest BCUT2D eigenvalue weighted by Gasteiger charge is -2.07. The number of amides is 2. The van der Waals surface area contributed by atoms with Crippen molar-refractivity contribution in [2.45, 2.75) is 13.0 Å². The summed E-state index contributed by atoms with van der Waals surface area (Å²) < 4.78 is 1.93. The van der Waals surface area contributed by atoms with Crippen LogP contribution in [0.15, 0.2) is 95.4 Å². The molecule has 2 amide bonds. The van der Waals surface area contributed by atoms with Crippen molar-refractivity contribution in [1.29, 1.82) is 0 Å². The Morgan fingerprint density at radius 1 is 0.935 bits per heavy atom. The van der Waals surface area contributed by atoms with Crippen LogP contribution in [0.2, 0.25) is 0 Å². The van der Waals surface area contributed by atoms with Crippen LogP contribution >= 0.6 is 11.3 Å². The molecule has 2 aromatic carbocycles. The molecule has 0 spiro atoms. The van der Waals surface area contributed by atoms with E-state index in [4.69, 9.17) is 0 Å². The fourth-order valence-corrected chi connectivity index (χ4v) is 3.71. The SMILES string of the molecule is O=C(Cc1csc(NC(=O)c2ccccc2)n1)N=c1ccccn1Cc1ccccc1. The average molecular weight is 429 g/mol. The molecule has 0 aliphatic carbocycles. The number of nitrogens with zero attached hydrogens (tertiary/aromatic N) is 3. The van der Waals surface area contributed by atoms with Crippen LogP contribution in [0.25, 0.3) is 0 Å². The van der Waals surface area contributed by atoms with Crippen molar-refractivity contribution in [3.63, 3.8) is 0 Å². The van der Waals surface area contributed by atoms with Gasteiger partial charge in [-0.25, -0.2) is 4.98 Å². The molecule has 154 valence electrons. The van der Waals surface area contributed by atoms with Gasteiger partial charge in [-0.05, 0) is 29.8 Å². The summed E-state index contributed by atoms with van der Waals surface area (Å²) in [6.45, 7) is 0.625. The zero-order valence-electron chi connectivity index (χ0n) is 16.6. The highest BCUT2D eigenvalue weighted by molar-refractivity contribution is 7.14. The van der Waals surface area contributed by atoms with Crippen molar-refractivity contribution in [2.24, 2.45) is 4.99 Å². The van der Waals surface area contributed by atoms with Gasteiger partial charge < -0.3 is 4.57 Å². The Morgan fingerprint density at radius 2 is 1.65 bits per heavy atom. The Kier molecular flexibility index (Phi) is 6.44. The molecule has 0 radical (unpaired) electrons. The topological polar surface area (TPSA) is 76.3 Å². The predicted molar refractivity (Wildman–Crippen MR) is 121 cm³/mol. The third-order valence-electron chi connectivity index (χ3n) is 4.49. The summed E-state index contributed by atoms with van der Waals surface area (Å²) in [5.74, 6) is -0.525. The van der Waals surface area contributed by atoms with Gasteiger partial charge in [0.25, 0.3) is 11.8 Å². The summed E-state index contributed by atoms with van der Waals surface area (Å²) in [5, 5.41) is 4.98. The smallest absolute Gasteiger partial charge is 0.257 e. The highest BCUT2D eigenvalue weighted by Crippen LogP contribution is 2.17. The van der Waals surface area contributed by atoms with E-state index in [-0.39, 0.29) is 18.2 Å². The Bertz CT molecular complexity index is 1250. The molecule has 6 nitrogen and oxygen atoms in total. The first-order valence-electron chi connectivity index (χ1n) is 9.75. The van der Waals surface area contributed by atoms with Crippen molar-refractivity contribution in [3.05, 3.63) is 113 Å². The molecule has 0 bridgehead atoms. The van der Waals surface area contributed by atoms with E-state index in [2.05, 4.69) is 15.3 Å². The standard InChI is InChI=1S/C24H20N4O2S/c29-22(26-21-13-7-8-14-28(21)16-18-9-3-1-4-10-18)15-20-17-31-24(25-20)27-23(30)19-11-5-2-6-12-19/h1-14,17H,15-16H2,(H,25,27,30). The molecule has 0 saturated heterocycles. The van der Waals surface area contributed by atoms with Crippen LogP contribution in [0.1, 0.15) is 21.6 Å². The second-order valence-electron chi connectivity index (χ2n) is 6.82. The number of carbonyl (C=O) groups excluding carboxylic acids is 2. The molecule has 4 aromatic rings. The van der Waals surface area contributed by atoms with E-state index in [1.807, 2.05) is 65.4 Å². The van der Waals surface area contributed by atoms with Gasteiger partial charge in [0.1, 0.15) is 5.49 Å². The Balaban J connectivity index is 1.44. The average Bonchev–Trinajstić information content (AvgIpc) is 3.23. The van der Waals surface area contributed by atoms with Gasteiger partial charge in [0.15, 0.2) is 5.13 Å². The Morgan fingerprint density at radius 3 is 2.42 bits per heavy atom. The monoisotopic (exact) mass is 428 g/mol. The van der Waals surface area contributed by atoms with E-state index >= 15 is 0 Å². The Hall–Kier alpha value is -3.84. The number of aromatic nitrogens is 2. The highest BCUT2D eigenvalue weighted by Gasteiger charge is 2.11. The first-order valence-corrected chi connectivity index (χ1v) is 10.6. The van der Waals surface area contributed by atoms with Crippen LogP contribution in [0.4, 0.5) is 5.13 Å². The molecule has 4 rings (SSSR count). The maximum Gasteiger partial charge on any atom is 0.257 e. The second kappa shape index (κ2) is 9.77. The van der Waals surface area contributed by atoms with Crippen molar-refractivity contribution in [2.75, 3.05) is 5.32 Å². The molecule has 0 saturated carbocycles. The summed E-state index contributed by atoms with van der Waals surface area (Å²) in [6.07, 6.45) is 1.97. The van der Waals surface area contributed by atoms with Crippen molar-refractivity contribution >= 4 is 28.3 Å². The van der Waals surface area contributed by atoms with Crippen LogP contribution in [0.5, 0.6) is 0 Å². The summed E-state index contributed by atoms with van der Waals surface area (Å²) in [4.78, 5) is 33.4. The minimum absolute atomic E-state index is 0.0674. The molecule has 0 fully saturated rings. The third-order valence-corrected chi connectivity index (χ3v) is 5.30. The van der Waals surface area contributed by atoms with Crippen LogP contribution < -0.4 is 10.8 Å². The van der Waals surface area contributed by atoms with E-state index in [1.165, 1.54) is 11.3 Å². The zero-order chi connectivity index (χ0) is 21.5. The van der Waals surface area contributed by atoms with Gasteiger partial charge in [-0.1, -0.05) is 54.6 Å². The van der Waals surface area contributed by atoms with Crippen LogP contribution in [-0.4, -0.2) is 21.4 Å². The number of pyridine rings is 1. The largest absolute Gasteiger partial charge is 0.328 e. The van der Waals surface area contributed by atoms with Gasteiger partial charge in [-0.15, -0.1) is 11.3 Å². The van der Waals surface area contributed by atoms with Gasteiger partial charge in [0, 0.05) is 23.7 Å². The number of rotatable bonds is 6. The molecule has 2 heterocycles. The molecular formula is C24H20N4O2S. The van der Waals surface area contributed by atoms with E-state index in [0.29, 0.717) is 28.4 Å². The summed E-state index contributed by atoms with van der Waals surface area (Å²) >= 11 is 1.28. The lowest BCUT2D eigenvalue weighted by atomic mass is 10.2. The summed E-state index contributed by atoms with van der Waals surface area (Å²) in [5.41, 5.74) is 2.84. The Labute approximate surface area is 183 Å². The van der Waals surface area contributed by atoms with Crippen LogP contribution in [0.3, 0.4) is 0 Å². The predicted octanol–water partition coefficient (Wildman–Crippen LogP) is 3.92. The molecule has 0 atom stereocenters. The first-order chi connectivity index (χ1) is 15.2. The number of anilines is 1. The van der Waals surface area contributed by atoms with Crippen molar-refractivity contribution in [3.8, 4) is 0 Å². The molecular weight excluding hydrogens is 408 g/mol. The van der Waals surface area contributed by atoms with Gasteiger partial charge in [-0.3, -0.25) is 14.9 Å². The van der Waals surface area contributed by atoms with E-state index in [1.54, 1.807) is 29.6 Å². The van der Waals surface area contributed by atoms with E-state index in [0.717, 1.165) is 5.56 Å². The lowest BCUT2D eigenvalue weighted by Crippen LogP contribution is -2.22. The number of hydrogen-bond acceptors (Lipinski definition) is 4. The fourth-order valence-electron chi connectivity index (χ4n) is 3.01. The van der Waals surface area contributed by atoms with Crippen molar-refractivity contribution < 1.29 is 9.59 Å². The minimum Gasteiger partial charge on any atom is -0.328 e. The third kappa shape index (κ3) is 5.61. The van der Waals surface area contributed by atoms with Crippen LogP contribution in [-0.2, 0) is 17.8 Å². The lowest BCUT2D eigenvalue weighted by molar-refractivity contribution is -0.117. The summed E-state index contributed by atoms with van der Waals surface area (Å²) in [7, 11) is 0. The van der Waals surface area contributed by atoms with Gasteiger partial charge >= 0.3 is 0 Å². The van der Waals surface area contributed by atoms with Gasteiger partial charge in [0.2, 0.25) is 0 Å².